The van der Waals surface area contributed by atoms with E-state index in [0.717, 1.165) is 19.3 Å². The van der Waals surface area contributed by atoms with Crippen LogP contribution in [0.4, 0.5) is 0 Å². The van der Waals surface area contributed by atoms with Crippen LogP contribution in [0.25, 0.3) is 0 Å². The molecule has 1 aliphatic heterocycles. The number of phenolic OH excluding ortho intramolecular Hbond substituents is 3. The van der Waals surface area contributed by atoms with E-state index in [0.29, 0.717) is 30.1 Å². The molecular formula is C32H33KO10. The van der Waals surface area contributed by atoms with Gasteiger partial charge < -0.3 is 40.1 Å². The molecule has 4 aromatic rings. The SMILES string of the molecule is C1CO1.O=C(c1ccccc1)c1ccc(O)cc1O.O=C(c1ccccc1)c1ccc(OCCOCCO)cc1O.[K+].[OH-]. The third-order valence-corrected chi connectivity index (χ3v) is 5.45. The molecule has 1 saturated heterocycles. The molecular weight excluding hydrogens is 583 g/mol. The summed E-state index contributed by atoms with van der Waals surface area (Å²) in [5.74, 6) is -0.456. The molecule has 222 valence electrons. The molecule has 1 aliphatic rings. The Bertz CT molecular complexity index is 1390. The van der Waals surface area contributed by atoms with E-state index >= 15 is 0 Å². The first kappa shape index (κ1) is 37.9. The number of aliphatic hydroxyl groups is 1. The molecule has 10 nitrogen and oxygen atoms in total. The Morgan fingerprint density at radius 3 is 1.60 bits per heavy atom. The third kappa shape index (κ3) is 13.4. The number of phenols is 3. The molecule has 0 unspecified atom stereocenters. The van der Waals surface area contributed by atoms with Crippen molar-refractivity contribution in [3.05, 3.63) is 119 Å². The molecule has 4 aromatic carbocycles. The van der Waals surface area contributed by atoms with Crippen molar-refractivity contribution in [1.82, 2.24) is 0 Å². The zero-order valence-electron chi connectivity index (χ0n) is 23.8. The molecule has 0 aromatic heterocycles. The van der Waals surface area contributed by atoms with Crippen LogP contribution in [0.3, 0.4) is 0 Å². The minimum atomic E-state index is -0.266. The fourth-order valence-corrected chi connectivity index (χ4v) is 3.38. The van der Waals surface area contributed by atoms with Crippen molar-refractivity contribution in [2.75, 3.05) is 39.6 Å². The van der Waals surface area contributed by atoms with Crippen LogP contribution in [0, 0.1) is 0 Å². The zero-order valence-corrected chi connectivity index (χ0v) is 26.9. The van der Waals surface area contributed by atoms with Gasteiger partial charge in [-0.2, -0.15) is 0 Å². The fraction of sp³-hybridized carbons (Fsp3) is 0.188. The van der Waals surface area contributed by atoms with Crippen molar-refractivity contribution in [1.29, 1.82) is 0 Å². The molecule has 0 saturated carbocycles. The van der Waals surface area contributed by atoms with Crippen molar-refractivity contribution in [2.45, 2.75) is 0 Å². The minimum absolute atomic E-state index is 0. The third-order valence-electron chi connectivity index (χ3n) is 5.45. The van der Waals surface area contributed by atoms with Gasteiger partial charge in [-0.3, -0.25) is 9.59 Å². The van der Waals surface area contributed by atoms with E-state index in [1.54, 1.807) is 54.6 Å². The standard InChI is InChI=1S/C17H18O5.C13H10O3.C2H4O.K.H2O/c18-8-9-21-10-11-22-14-6-7-15(16(19)12-14)17(20)13-4-2-1-3-5-13;14-10-6-7-11(12(15)8-10)13(16)9-4-2-1-3-5-9;1-2-3-1;;/h1-7,12,18-19H,8-11H2;1-8,14-15H;1-2H2;;1H2/q;;;+1;/p-1. The van der Waals surface area contributed by atoms with Gasteiger partial charge in [0.15, 0.2) is 11.6 Å². The molecule has 0 amide bonds. The molecule has 1 fully saturated rings. The van der Waals surface area contributed by atoms with Crippen LogP contribution in [0.5, 0.6) is 23.0 Å². The number of aromatic hydroxyl groups is 3. The number of rotatable bonds is 10. The number of carbonyl (C=O) groups is 2. The molecule has 1 heterocycles. The van der Waals surface area contributed by atoms with Gasteiger partial charge in [-0.05, 0) is 24.3 Å². The van der Waals surface area contributed by atoms with Crippen molar-refractivity contribution < 1.29 is 101 Å². The van der Waals surface area contributed by atoms with Crippen LogP contribution < -0.4 is 56.1 Å². The Hall–Kier alpha value is -3.10. The molecule has 0 aliphatic carbocycles. The first-order chi connectivity index (χ1) is 19.9. The summed E-state index contributed by atoms with van der Waals surface area (Å²) in [7, 11) is 0. The van der Waals surface area contributed by atoms with Gasteiger partial charge in [-0.25, -0.2) is 0 Å². The van der Waals surface area contributed by atoms with Gasteiger partial charge in [0.2, 0.25) is 0 Å². The average Bonchev–Trinajstić information content (AvgIpc) is 3.88. The maximum absolute atomic E-state index is 12.3. The summed E-state index contributed by atoms with van der Waals surface area (Å²) in [6.45, 7) is 2.87. The van der Waals surface area contributed by atoms with Crippen LogP contribution in [0.1, 0.15) is 31.8 Å². The van der Waals surface area contributed by atoms with E-state index < -0.39 is 0 Å². The zero-order chi connectivity index (χ0) is 29.5. The predicted molar refractivity (Wildman–Crippen MR) is 154 cm³/mol. The molecule has 43 heavy (non-hydrogen) atoms. The Balaban J connectivity index is 0.000000387. The van der Waals surface area contributed by atoms with Gasteiger partial charge >= 0.3 is 51.4 Å². The summed E-state index contributed by atoms with van der Waals surface area (Å²) >= 11 is 0. The van der Waals surface area contributed by atoms with Crippen molar-refractivity contribution in [2.24, 2.45) is 0 Å². The largest absolute Gasteiger partial charge is 1.00 e. The summed E-state index contributed by atoms with van der Waals surface area (Å²) in [6, 6.07) is 25.9. The molecule has 0 atom stereocenters. The monoisotopic (exact) mass is 616 g/mol. The van der Waals surface area contributed by atoms with Gasteiger partial charge in [0.1, 0.15) is 29.6 Å². The van der Waals surface area contributed by atoms with Crippen molar-refractivity contribution in [3.8, 4) is 23.0 Å². The second-order valence-electron chi connectivity index (χ2n) is 8.57. The quantitative estimate of drug-likeness (QED) is 0.0876. The normalized spacial score (nSPS) is 10.7. The first-order valence-corrected chi connectivity index (χ1v) is 12.8. The second kappa shape index (κ2) is 20.7. The molecule has 0 bridgehead atoms. The first-order valence-electron chi connectivity index (χ1n) is 12.8. The van der Waals surface area contributed by atoms with Gasteiger partial charge in [0, 0.05) is 23.3 Å². The summed E-state index contributed by atoms with van der Waals surface area (Å²) < 4.78 is 15.0. The molecule has 0 spiro atoms. The van der Waals surface area contributed by atoms with Crippen LogP contribution in [0.15, 0.2) is 97.1 Å². The van der Waals surface area contributed by atoms with E-state index in [4.69, 9.17) is 19.7 Å². The number of ketones is 2. The number of hydrogen-bond donors (Lipinski definition) is 4. The van der Waals surface area contributed by atoms with Gasteiger partial charge in [-0.15, -0.1) is 0 Å². The topological polar surface area (TPSA) is 176 Å². The number of epoxide rings is 1. The number of hydrogen-bond acceptors (Lipinski definition) is 10. The van der Waals surface area contributed by atoms with E-state index in [1.807, 2.05) is 12.1 Å². The number of aliphatic hydroxyl groups excluding tert-OH is 1. The Labute approximate surface area is 292 Å². The van der Waals surface area contributed by atoms with Crippen molar-refractivity contribution in [3.63, 3.8) is 0 Å². The summed E-state index contributed by atoms with van der Waals surface area (Å²) in [4.78, 5) is 24.2. The van der Waals surface area contributed by atoms with Crippen LogP contribution in [-0.4, -0.2) is 77.1 Å². The number of ether oxygens (including phenoxy) is 3. The van der Waals surface area contributed by atoms with Crippen LogP contribution >= 0.6 is 0 Å². The maximum atomic E-state index is 12.3. The summed E-state index contributed by atoms with van der Waals surface area (Å²) in [5.41, 5.74) is 1.44. The summed E-state index contributed by atoms with van der Waals surface area (Å²) in [6.07, 6.45) is 0. The average molecular weight is 617 g/mol. The molecule has 11 heteroatoms. The van der Waals surface area contributed by atoms with E-state index in [9.17, 15) is 19.8 Å². The van der Waals surface area contributed by atoms with Crippen LogP contribution in [-0.2, 0) is 9.47 Å². The Kier molecular flexibility index (Phi) is 18.3. The van der Waals surface area contributed by atoms with Crippen molar-refractivity contribution >= 4 is 11.6 Å². The fourth-order valence-electron chi connectivity index (χ4n) is 3.38. The minimum Gasteiger partial charge on any atom is -0.870 e. The maximum Gasteiger partial charge on any atom is 1.00 e. The number of carbonyl (C=O) groups excluding carboxylic acids is 2. The predicted octanol–water partition coefficient (Wildman–Crippen LogP) is 1.18. The van der Waals surface area contributed by atoms with E-state index in [-0.39, 0.29) is 110 Å². The molecule has 5 rings (SSSR count). The molecule has 0 radical (unpaired) electrons. The van der Waals surface area contributed by atoms with E-state index in [2.05, 4.69) is 4.74 Å². The Morgan fingerprint density at radius 2 is 1.16 bits per heavy atom. The van der Waals surface area contributed by atoms with Gasteiger partial charge in [0.25, 0.3) is 0 Å². The van der Waals surface area contributed by atoms with E-state index in [1.165, 1.54) is 24.3 Å². The number of benzene rings is 4. The summed E-state index contributed by atoms with van der Waals surface area (Å²) in [5, 5.41) is 37.2. The van der Waals surface area contributed by atoms with Gasteiger partial charge in [-0.1, -0.05) is 60.7 Å². The van der Waals surface area contributed by atoms with Gasteiger partial charge in [0.05, 0.1) is 44.2 Å². The smallest absolute Gasteiger partial charge is 0.870 e. The second-order valence-corrected chi connectivity index (χ2v) is 8.57. The molecule has 5 N–H and O–H groups in total. The van der Waals surface area contributed by atoms with Crippen LogP contribution in [0.2, 0.25) is 0 Å². The Morgan fingerprint density at radius 1 is 0.674 bits per heavy atom.